The van der Waals surface area contributed by atoms with Crippen LogP contribution in [0.15, 0.2) is 12.1 Å². The van der Waals surface area contributed by atoms with E-state index in [-0.39, 0.29) is 5.82 Å². The van der Waals surface area contributed by atoms with Gasteiger partial charge in [0.15, 0.2) is 0 Å². The molecule has 1 aromatic carbocycles. The number of nitrogens with one attached hydrogen (secondary N) is 1. The SMILES string of the molecule is CNc1c2c(nc3c(I)cc(F)cc13)CCCC2. The number of fused-ring (bicyclic) bond motifs is 2. The number of nitrogens with zero attached hydrogens (tertiary/aromatic N) is 1. The normalized spacial score (nSPS) is 14.6. The number of pyridine rings is 1. The average Bonchev–Trinajstić information content (AvgIpc) is 2.36. The van der Waals surface area contributed by atoms with E-state index in [2.05, 4.69) is 27.9 Å². The van der Waals surface area contributed by atoms with Crippen molar-refractivity contribution in [3.8, 4) is 0 Å². The minimum absolute atomic E-state index is 0.194. The maximum Gasteiger partial charge on any atom is 0.125 e. The van der Waals surface area contributed by atoms with Gasteiger partial charge in [-0.1, -0.05) is 0 Å². The van der Waals surface area contributed by atoms with Gasteiger partial charge in [0.1, 0.15) is 5.82 Å². The summed E-state index contributed by atoms with van der Waals surface area (Å²) < 4.78 is 14.5. The third-order valence-corrected chi connectivity index (χ3v) is 4.36. The van der Waals surface area contributed by atoms with Gasteiger partial charge in [-0.15, -0.1) is 0 Å². The fourth-order valence-corrected chi connectivity index (χ4v) is 3.44. The van der Waals surface area contributed by atoms with E-state index < -0.39 is 0 Å². The predicted molar refractivity (Wildman–Crippen MR) is 80.6 cm³/mol. The number of anilines is 1. The number of hydrogen-bond donors (Lipinski definition) is 1. The zero-order valence-electron chi connectivity index (χ0n) is 10.2. The fraction of sp³-hybridized carbons (Fsp3) is 0.357. The Morgan fingerprint density at radius 2 is 2.06 bits per heavy atom. The van der Waals surface area contributed by atoms with E-state index in [4.69, 9.17) is 4.98 Å². The van der Waals surface area contributed by atoms with Crippen molar-refractivity contribution in [1.29, 1.82) is 0 Å². The first kappa shape index (κ1) is 12.1. The molecule has 0 amide bonds. The minimum atomic E-state index is -0.194. The molecule has 0 saturated heterocycles. The van der Waals surface area contributed by atoms with Gasteiger partial charge in [-0.2, -0.15) is 0 Å². The summed E-state index contributed by atoms with van der Waals surface area (Å²) in [5.41, 5.74) is 4.44. The summed E-state index contributed by atoms with van der Waals surface area (Å²) in [6.45, 7) is 0. The number of aromatic nitrogens is 1. The van der Waals surface area contributed by atoms with Crippen LogP contribution in [0.5, 0.6) is 0 Å². The molecule has 2 aromatic rings. The Labute approximate surface area is 119 Å². The van der Waals surface area contributed by atoms with Gasteiger partial charge in [0.25, 0.3) is 0 Å². The second-order valence-corrected chi connectivity index (χ2v) is 5.82. The highest BCUT2D eigenvalue weighted by atomic mass is 127. The number of rotatable bonds is 1. The Morgan fingerprint density at radius 1 is 1.28 bits per heavy atom. The Balaban J connectivity index is 2.40. The van der Waals surface area contributed by atoms with E-state index in [1.165, 1.54) is 24.1 Å². The predicted octanol–water partition coefficient (Wildman–Crippen LogP) is 3.90. The summed E-state index contributed by atoms with van der Waals surface area (Å²) in [5, 5.41) is 4.15. The van der Waals surface area contributed by atoms with Crippen molar-refractivity contribution in [2.45, 2.75) is 25.7 Å². The van der Waals surface area contributed by atoms with Crippen LogP contribution in [0.2, 0.25) is 0 Å². The van der Waals surface area contributed by atoms with Gasteiger partial charge in [-0.05, 0) is 66.0 Å². The topological polar surface area (TPSA) is 24.9 Å². The van der Waals surface area contributed by atoms with Gasteiger partial charge in [0, 0.05) is 27.4 Å². The number of hydrogen-bond acceptors (Lipinski definition) is 2. The number of aryl methyl sites for hydroxylation is 1. The van der Waals surface area contributed by atoms with Crippen molar-refractivity contribution in [3.63, 3.8) is 0 Å². The van der Waals surface area contributed by atoms with Gasteiger partial charge in [0.05, 0.1) is 5.52 Å². The Kier molecular flexibility index (Phi) is 3.13. The summed E-state index contributed by atoms with van der Waals surface area (Å²) in [7, 11) is 1.90. The van der Waals surface area contributed by atoms with Crippen LogP contribution in [0.1, 0.15) is 24.1 Å². The van der Waals surface area contributed by atoms with Crippen molar-refractivity contribution in [1.82, 2.24) is 4.98 Å². The largest absolute Gasteiger partial charge is 0.387 e. The minimum Gasteiger partial charge on any atom is -0.387 e. The summed E-state index contributed by atoms with van der Waals surface area (Å²) in [6, 6.07) is 3.13. The van der Waals surface area contributed by atoms with Crippen LogP contribution in [0.25, 0.3) is 10.9 Å². The van der Waals surface area contributed by atoms with E-state index in [0.29, 0.717) is 0 Å². The maximum absolute atomic E-state index is 13.6. The van der Waals surface area contributed by atoms with Crippen LogP contribution in [-0.4, -0.2) is 12.0 Å². The lowest BCUT2D eigenvalue weighted by molar-refractivity contribution is 0.628. The lowest BCUT2D eigenvalue weighted by Crippen LogP contribution is -2.10. The highest BCUT2D eigenvalue weighted by Gasteiger charge is 2.19. The van der Waals surface area contributed by atoms with E-state index in [0.717, 1.165) is 33.0 Å². The van der Waals surface area contributed by atoms with Crippen LogP contribution >= 0.6 is 22.6 Å². The van der Waals surface area contributed by atoms with Crippen LogP contribution in [0, 0.1) is 9.39 Å². The number of benzene rings is 1. The molecule has 94 valence electrons. The maximum atomic E-state index is 13.6. The molecule has 0 bridgehead atoms. The summed E-state index contributed by atoms with van der Waals surface area (Å²) in [5.74, 6) is -0.194. The number of halogens is 2. The molecule has 0 fully saturated rings. The lowest BCUT2D eigenvalue weighted by Gasteiger charge is -2.20. The Bertz CT molecular complexity index is 625. The first-order valence-electron chi connectivity index (χ1n) is 6.19. The molecule has 1 aliphatic rings. The van der Waals surface area contributed by atoms with Crippen molar-refractivity contribution in [3.05, 3.63) is 32.8 Å². The van der Waals surface area contributed by atoms with Crippen LogP contribution in [0.4, 0.5) is 10.1 Å². The molecule has 3 rings (SSSR count). The zero-order valence-corrected chi connectivity index (χ0v) is 12.3. The zero-order chi connectivity index (χ0) is 12.7. The van der Waals surface area contributed by atoms with E-state index in [1.54, 1.807) is 12.1 Å². The summed E-state index contributed by atoms with van der Waals surface area (Å²) >= 11 is 2.16. The molecule has 0 atom stereocenters. The molecule has 4 heteroatoms. The average molecular weight is 356 g/mol. The standard InChI is InChI=1S/C14H14FIN2/c1-17-13-9-4-2-3-5-12(9)18-14-10(13)6-8(15)7-11(14)16/h6-7H,2-5H2,1H3,(H,17,18). The van der Waals surface area contributed by atoms with Crippen molar-refractivity contribution < 1.29 is 4.39 Å². The van der Waals surface area contributed by atoms with Crippen LogP contribution in [-0.2, 0) is 12.8 Å². The molecule has 0 spiro atoms. The van der Waals surface area contributed by atoms with Crippen LogP contribution in [0.3, 0.4) is 0 Å². The fourth-order valence-electron chi connectivity index (χ4n) is 2.74. The van der Waals surface area contributed by atoms with E-state index >= 15 is 0 Å². The second-order valence-electron chi connectivity index (χ2n) is 4.65. The molecule has 2 nitrogen and oxygen atoms in total. The Morgan fingerprint density at radius 3 is 2.83 bits per heavy atom. The van der Waals surface area contributed by atoms with Crippen molar-refractivity contribution in [2.75, 3.05) is 12.4 Å². The molecule has 0 unspecified atom stereocenters. The third kappa shape index (κ3) is 1.86. The first-order valence-corrected chi connectivity index (χ1v) is 7.27. The molecular weight excluding hydrogens is 342 g/mol. The molecule has 1 aromatic heterocycles. The Hall–Kier alpha value is -0.910. The third-order valence-electron chi connectivity index (χ3n) is 3.53. The molecule has 18 heavy (non-hydrogen) atoms. The molecule has 0 aliphatic heterocycles. The molecule has 0 saturated carbocycles. The monoisotopic (exact) mass is 356 g/mol. The van der Waals surface area contributed by atoms with Gasteiger partial charge in [-0.25, -0.2) is 4.39 Å². The second kappa shape index (κ2) is 4.64. The van der Waals surface area contributed by atoms with Gasteiger partial charge in [-0.3, -0.25) is 4.98 Å². The highest BCUT2D eigenvalue weighted by Crippen LogP contribution is 2.35. The molecule has 1 N–H and O–H groups in total. The van der Waals surface area contributed by atoms with Gasteiger partial charge >= 0.3 is 0 Å². The lowest BCUT2D eigenvalue weighted by atomic mass is 9.93. The smallest absolute Gasteiger partial charge is 0.125 e. The van der Waals surface area contributed by atoms with Crippen molar-refractivity contribution >= 4 is 39.2 Å². The summed E-state index contributed by atoms with van der Waals surface area (Å²) in [6.07, 6.45) is 4.47. The molecule has 1 aliphatic carbocycles. The van der Waals surface area contributed by atoms with Crippen LogP contribution < -0.4 is 5.32 Å². The van der Waals surface area contributed by atoms with E-state index in [1.807, 2.05) is 7.05 Å². The van der Waals surface area contributed by atoms with Gasteiger partial charge in [0.2, 0.25) is 0 Å². The van der Waals surface area contributed by atoms with Crippen molar-refractivity contribution in [2.24, 2.45) is 0 Å². The van der Waals surface area contributed by atoms with E-state index in [9.17, 15) is 4.39 Å². The molecule has 0 radical (unpaired) electrons. The first-order chi connectivity index (χ1) is 8.70. The molecular formula is C14H14FIN2. The quantitative estimate of drug-likeness (QED) is 0.784. The van der Waals surface area contributed by atoms with Gasteiger partial charge < -0.3 is 5.32 Å². The highest BCUT2D eigenvalue weighted by molar-refractivity contribution is 14.1. The molecule has 1 heterocycles. The summed E-state index contributed by atoms with van der Waals surface area (Å²) in [4.78, 5) is 4.75.